The molecule has 0 saturated heterocycles. The maximum absolute atomic E-state index is 12.6. The first-order chi connectivity index (χ1) is 7.04. The molecule has 0 aliphatic heterocycles. The fraction of sp³-hybridized carbons (Fsp3) is 0.200. The third-order valence-corrected chi connectivity index (χ3v) is 1.75. The molecule has 1 aromatic rings. The molecule has 0 bridgehead atoms. The zero-order valence-electron chi connectivity index (χ0n) is 7.99. The predicted octanol–water partition coefficient (Wildman–Crippen LogP) is 1.17. The van der Waals surface area contributed by atoms with Crippen LogP contribution in [0.25, 0.3) is 0 Å². The lowest BCUT2D eigenvalue weighted by Gasteiger charge is -2.07. The van der Waals surface area contributed by atoms with Crippen molar-refractivity contribution >= 4 is 5.91 Å². The minimum Gasteiger partial charge on any atom is -0.507 e. The Balaban J connectivity index is 2.88. The van der Waals surface area contributed by atoms with E-state index in [2.05, 4.69) is 5.32 Å². The molecule has 4 nitrogen and oxygen atoms in total. The number of hydrogen-bond acceptors (Lipinski definition) is 3. The number of amides is 1. The molecule has 0 aromatic heterocycles. The lowest BCUT2D eigenvalue weighted by molar-refractivity contribution is 0.0945. The van der Waals surface area contributed by atoms with Gasteiger partial charge < -0.3 is 10.4 Å². The van der Waals surface area contributed by atoms with Crippen molar-refractivity contribution in [1.29, 1.82) is 5.26 Å². The number of phenols is 1. The molecule has 1 rings (SSSR count). The lowest BCUT2D eigenvalue weighted by atomic mass is 10.1. The third kappa shape index (κ3) is 2.68. The Bertz CT molecular complexity index is 426. The van der Waals surface area contributed by atoms with Gasteiger partial charge in [0.2, 0.25) is 0 Å². The van der Waals surface area contributed by atoms with Gasteiger partial charge in [0.15, 0.2) is 0 Å². The van der Waals surface area contributed by atoms with Crippen molar-refractivity contribution in [1.82, 2.24) is 5.32 Å². The molecule has 0 aliphatic carbocycles. The molecule has 0 heterocycles. The summed E-state index contributed by atoms with van der Waals surface area (Å²) in [4.78, 5) is 11.4. The van der Waals surface area contributed by atoms with Gasteiger partial charge in [-0.15, -0.1) is 0 Å². The van der Waals surface area contributed by atoms with Gasteiger partial charge in [-0.05, 0) is 19.1 Å². The number of halogens is 1. The molecule has 0 saturated carbocycles. The van der Waals surface area contributed by atoms with Crippen molar-refractivity contribution < 1.29 is 14.3 Å². The summed E-state index contributed by atoms with van der Waals surface area (Å²) >= 11 is 0. The summed E-state index contributed by atoms with van der Waals surface area (Å²) in [6.07, 6.45) is 0. The first-order valence-corrected chi connectivity index (χ1v) is 4.23. The van der Waals surface area contributed by atoms with Gasteiger partial charge in [0, 0.05) is 6.07 Å². The first kappa shape index (κ1) is 11.0. The zero-order chi connectivity index (χ0) is 11.4. The van der Waals surface area contributed by atoms with Crippen LogP contribution in [0.1, 0.15) is 17.3 Å². The maximum Gasteiger partial charge on any atom is 0.256 e. The van der Waals surface area contributed by atoms with E-state index in [0.717, 1.165) is 18.2 Å². The van der Waals surface area contributed by atoms with E-state index in [9.17, 15) is 14.3 Å². The van der Waals surface area contributed by atoms with E-state index in [1.807, 2.05) is 6.07 Å². The molecule has 1 amide bonds. The molecule has 15 heavy (non-hydrogen) atoms. The number of carbonyl (C=O) groups is 1. The Morgan fingerprint density at radius 2 is 2.33 bits per heavy atom. The smallest absolute Gasteiger partial charge is 0.256 e. The van der Waals surface area contributed by atoms with E-state index in [1.165, 1.54) is 6.92 Å². The quantitative estimate of drug-likeness (QED) is 0.766. The Kier molecular flexibility index (Phi) is 3.24. The van der Waals surface area contributed by atoms with Gasteiger partial charge in [0.05, 0.1) is 11.6 Å². The van der Waals surface area contributed by atoms with Gasteiger partial charge in [0.1, 0.15) is 17.6 Å². The number of hydrogen-bond donors (Lipinski definition) is 2. The Hall–Kier alpha value is -2.09. The van der Waals surface area contributed by atoms with Crippen molar-refractivity contribution in [3.8, 4) is 11.8 Å². The summed E-state index contributed by atoms with van der Waals surface area (Å²) in [6, 6.07) is 4.20. The zero-order valence-corrected chi connectivity index (χ0v) is 7.99. The second kappa shape index (κ2) is 4.42. The van der Waals surface area contributed by atoms with E-state index >= 15 is 0 Å². The van der Waals surface area contributed by atoms with Crippen molar-refractivity contribution in [2.24, 2.45) is 0 Å². The number of phenolic OH excluding ortho intramolecular Hbond substituents is 1. The van der Waals surface area contributed by atoms with Crippen molar-refractivity contribution in [3.05, 3.63) is 29.6 Å². The van der Waals surface area contributed by atoms with Gasteiger partial charge in [-0.25, -0.2) is 4.39 Å². The largest absolute Gasteiger partial charge is 0.507 e. The highest BCUT2D eigenvalue weighted by Crippen LogP contribution is 2.17. The van der Waals surface area contributed by atoms with Crippen LogP contribution in [-0.2, 0) is 0 Å². The van der Waals surface area contributed by atoms with Gasteiger partial charge >= 0.3 is 0 Å². The summed E-state index contributed by atoms with van der Waals surface area (Å²) in [7, 11) is 0. The van der Waals surface area contributed by atoms with Crippen LogP contribution in [0.5, 0.6) is 5.75 Å². The highest BCUT2D eigenvalue weighted by atomic mass is 19.1. The normalized spacial score (nSPS) is 11.5. The summed E-state index contributed by atoms with van der Waals surface area (Å²) < 4.78 is 12.6. The van der Waals surface area contributed by atoms with Gasteiger partial charge in [-0.3, -0.25) is 4.79 Å². The average Bonchev–Trinajstić information content (AvgIpc) is 2.17. The van der Waals surface area contributed by atoms with Crippen molar-refractivity contribution in [3.63, 3.8) is 0 Å². The van der Waals surface area contributed by atoms with E-state index < -0.39 is 23.5 Å². The number of carbonyl (C=O) groups excluding carboxylic acids is 1. The number of nitrogens with one attached hydrogen (secondary N) is 1. The fourth-order valence-corrected chi connectivity index (χ4v) is 1.00. The minimum absolute atomic E-state index is 0.0569. The van der Waals surface area contributed by atoms with Crippen LogP contribution in [0, 0.1) is 17.1 Å². The maximum atomic E-state index is 12.6. The van der Waals surface area contributed by atoms with Crippen LogP contribution >= 0.6 is 0 Å². The van der Waals surface area contributed by atoms with Crippen LogP contribution in [-0.4, -0.2) is 17.1 Å². The number of nitriles is 1. The lowest BCUT2D eigenvalue weighted by Crippen LogP contribution is -2.31. The molecular weight excluding hydrogens is 199 g/mol. The number of benzene rings is 1. The third-order valence-electron chi connectivity index (χ3n) is 1.75. The summed E-state index contributed by atoms with van der Waals surface area (Å²) in [5, 5.41) is 20.0. The molecule has 1 atom stereocenters. The Morgan fingerprint density at radius 1 is 1.67 bits per heavy atom. The first-order valence-electron chi connectivity index (χ1n) is 4.23. The number of rotatable bonds is 2. The molecule has 1 aromatic carbocycles. The summed E-state index contributed by atoms with van der Waals surface area (Å²) in [5.41, 5.74) is -0.0569. The predicted molar refractivity (Wildman–Crippen MR) is 50.6 cm³/mol. The average molecular weight is 208 g/mol. The molecule has 0 spiro atoms. The van der Waals surface area contributed by atoms with E-state index in [1.54, 1.807) is 0 Å². The standard InChI is InChI=1S/C10H9FN2O2/c1-6(5-12)13-10(15)8-3-2-7(11)4-9(8)14/h2-4,6,14H,1H3,(H,13,15). The van der Waals surface area contributed by atoms with Gasteiger partial charge in [0.25, 0.3) is 5.91 Å². The molecule has 5 heteroatoms. The molecule has 0 fully saturated rings. The monoisotopic (exact) mass is 208 g/mol. The summed E-state index contributed by atoms with van der Waals surface area (Å²) in [5.74, 6) is -1.68. The highest BCUT2D eigenvalue weighted by Gasteiger charge is 2.13. The van der Waals surface area contributed by atoms with Crippen LogP contribution in [0.15, 0.2) is 18.2 Å². The van der Waals surface area contributed by atoms with Gasteiger partial charge in [-0.2, -0.15) is 5.26 Å². The minimum atomic E-state index is -0.665. The van der Waals surface area contributed by atoms with Crippen LogP contribution in [0.2, 0.25) is 0 Å². The Labute approximate surface area is 86.0 Å². The number of nitrogens with zero attached hydrogens (tertiary/aromatic N) is 1. The van der Waals surface area contributed by atoms with E-state index in [0.29, 0.717) is 0 Å². The summed E-state index contributed by atoms with van der Waals surface area (Å²) in [6.45, 7) is 1.50. The molecule has 0 radical (unpaired) electrons. The topological polar surface area (TPSA) is 73.1 Å². The van der Waals surface area contributed by atoms with Crippen LogP contribution < -0.4 is 5.32 Å². The van der Waals surface area contributed by atoms with Crippen molar-refractivity contribution in [2.75, 3.05) is 0 Å². The van der Waals surface area contributed by atoms with E-state index in [4.69, 9.17) is 5.26 Å². The Morgan fingerprint density at radius 3 is 2.87 bits per heavy atom. The molecule has 78 valence electrons. The molecule has 1 unspecified atom stereocenters. The SMILES string of the molecule is CC(C#N)NC(=O)c1ccc(F)cc1O. The molecule has 2 N–H and O–H groups in total. The van der Waals surface area contributed by atoms with Crippen LogP contribution in [0.4, 0.5) is 4.39 Å². The number of aromatic hydroxyl groups is 1. The van der Waals surface area contributed by atoms with E-state index in [-0.39, 0.29) is 5.56 Å². The fourth-order valence-electron chi connectivity index (χ4n) is 1.00. The van der Waals surface area contributed by atoms with Crippen LogP contribution in [0.3, 0.4) is 0 Å². The second-order valence-electron chi connectivity index (χ2n) is 2.99. The molecule has 0 aliphatic rings. The highest BCUT2D eigenvalue weighted by molar-refractivity contribution is 5.97. The van der Waals surface area contributed by atoms with Crippen molar-refractivity contribution in [2.45, 2.75) is 13.0 Å². The van der Waals surface area contributed by atoms with Gasteiger partial charge in [-0.1, -0.05) is 0 Å². The second-order valence-corrected chi connectivity index (χ2v) is 2.99. The molecular formula is C10H9FN2O2.